The van der Waals surface area contributed by atoms with Gasteiger partial charge in [0.25, 0.3) is 11.8 Å². The van der Waals surface area contributed by atoms with E-state index in [4.69, 9.17) is 25.2 Å². The number of aliphatic hydroxyl groups is 2. The maximum Gasteiger partial charge on any atom is 0.321 e. The lowest BCUT2D eigenvalue weighted by Crippen LogP contribution is -2.34. The number of aromatic nitrogens is 3. The Bertz CT molecular complexity index is 1590. The molecular formula is C27H30F2N8O6S. The molecule has 0 aliphatic rings. The van der Waals surface area contributed by atoms with Crippen LogP contribution in [0.25, 0.3) is 22.2 Å². The number of anilines is 3. The summed E-state index contributed by atoms with van der Waals surface area (Å²) in [4.78, 5) is 35.3. The van der Waals surface area contributed by atoms with E-state index >= 15 is 0 Å². The number of thiazole rings is 1. The first-order valence-electron chi connectivity index (χ1n) is 13.3. The molecule has 17 heteroatoms. The standard InChI is InChI=1S/C27H30F2N8O6S/c1-42-16-5-2-4-15(12-16)24(40)32-20-13-17(18(28)14-19(20)29)23-34-25(43-36-23)21-22(30)33-27(44-21)35-26(41)31-6-3-7-37(8-10-38)9-11-39/h2,4-5,12-14,38-39H,3,6-11,30H2,1H3,(H,32,40)(H2,31,33,35,41). The molecule has 14 nitrogen and oxygen atoms in total. The molecule has 0 atom stereocenters. The molecule has 0 saturated heterocycles. The van der Waals surface area contributed by atoms with E-state index in [-0.39, 0.29) is 57.6 Å². The van der Waals surface area contributed by atoms with Gasteiger partial charge in [-0.2, -0.15) is 4.98 Å². The Balaban J connectivity index is 1.41. The number of amides is 3. The number of nitrogens with zero attached hydrogens (tertiary/aromatic N) is 4. The molecule has 234 valence electrons. The molecule has 0 bridgehead atoms. The number of rotatable bonds is 14. The summed E-state index contributed by atoms with van der Waals surface area (Å²) in [6, 6.07) is 7.29. The number of halogens is 2. The van der Waals surface area contributed by atoms with Crippen LogP contribution < -0.4 is 26.4 Å². The summed E-state index contributed by atoms with van der Waals surface area (Å²) in [5.74, 6) is -2.64. The van der Waals surface area contributed by atoms with Crippen molar-refractivity contribution in [3.8, 4) is 27.9 Å². The number of hydrogen-bond acceptors (Lipinski definition) is 12. The third kappa shape index (κ3) is 8.22. The van der Waals surface area contributed by atoms with Gasteiger partial charge < -0.3 is 35.8 Å². The van der Waals surface area contributed by atoms with Gasteiger partial charge >= 0.3 is 6.03 Å². The maximum atomic E-state index is 14.8. The first-order valence-corrected chi connectivity index (χ1v) is 14.1. The van der Waals surface area contributed by atoms with Crippen LogP contribution in [0, 0.1) is 11.6 Å². The Kier molecular flexibility index (Phi) is 11.1. The number of benzene rings is 2. The molecule has 0 unspecified atom stereocenters. The van der Waals surface area contributed by atoms with Gasteiger partial charge in [-0.15, -0.1) is 0 Å². The second kappa shape index (κ2) is 15.1. The SMILES string of the molecule is COc1cccc(C(=O)Nc2cc(-c3noc(-c4sc(NC(=O)NCCCN(CCO)CCO)nc4N)n3)c(F)cc2F)c1. The fraction of sp³-hybridized carbons (Fsp3) is 0.296. The van der Waals surface area contributed by atoms with Crippen LogP contribution in [0.2, 0.25) is 0 Å². The van der Waals surface area contributed by atoms with Crippen molar-refractivity contribution in [2.75, 3.05) is 62.9 Å². The third-order valence-electron chi connectivity index (χ3n) is 6.14. The second-order valence-electron chi connectivity index (χ2n) is 9.18. The minimum Gasteiger partial charge on any atom is -0.497 e. The van der Waals surface area contributed by atoms with Crippen LogP contribution in [0.4, 0.5) is 30.2 Å². The molecule has 0 saturated carbocycles. The number of nitrogens with two attached hydrogens (primary N) is 1. The number of carbonyl (C=O) groups is 2. The van der Waals surface area contributed by atoms with Crippen molar-refractivity contribution in [3.63, 3.8) is 0 Å². The normalized spacial score (nSPS) is 11.0. The van der Waals surface area contributed by atoms with E-state index in [2.05, 4.69) is 31.1 Å². The van der Waals surface area contributed by atoms with Gasteiger partial charge in [0.05, 0.1) is 31.6 Å². The largest absolute Gasteiger partial charge is 0.497 e. The average Bonchev–Trinajstić information content (AvgIpc) is 3.63. The van der Waals surface area contributed by atoms with Crippen LogP contribution in [0.5, 0.6) is 5.75 Å². The lowest BCUT2D eigenvalue weighted by Gasteiger charge is -2.19. The van der Waals surface area contributed by atoms with Gasteiger partial charge in [0.1, 0.15) is 28.1 Å². The number of urea groups is 1. The first kappa shape index (κ1) is 32.2. The maximum absolute atomic E-state index is 14.8. The number of carbonyl (C=O) groups excluding carboxylic acids is 2. The lowest BCUT2D eigenvalue weighted by molar-refractivity contribution is 0.102. The molecular weight excluding hydrogens is 602 g/mol. The van der Waals surface area contributed by atoms with E-state index in [1.807, 2.05) is 4.90 Å². The van der Waals surface area contributed by atoms with Gasteiger partial charge in [0, 0.05) is 31.3 Å². The number of ether oxygens (including phenoxy) is 1. The van der Waals surface area contributed by atoms with Gasteiger partial charge in [-0.05, 0) is 37.2 Å². The number of aliphatic hydroxyl groups excluding tert-OH is 2. The molecule has 0 aliphatic carbocycles. The fourth-order valence-corrected chi connectivity index (χ4v) is 4.80. The molecule has 7 N–H and O–H groups in total. The van der Waals surface area contributed by atoms with Crippen molar-refractivity contribution in [2.24, 2.45) is 0 Å². The molecule has 2 aromatic heterocycles. The predicted octanol–water partition coefficient (Wildman–Crippen LogP) is 2.78. The van der Waals surface area contributed by atoms with Crippen molar-refractivity contribution in [3.05, 3.63) is 53.6 Å². The van der Waals surface area contributed by atoms with E-state index < -0.39 is 23.6 Å². The van der Waals surface area contributed by atoms with Crippen LogP contribution in [0.1, 0.15) is 16.8 Å². The van der Waals surface area contributed by atoms with Gasteiger partial charge in [-0.25, -0.2) is 18.6 Å². The topological polar surface area (TPSA) is 201 Å². The minimum absolute atomic E-state index is 0.0324. The summed E-state index contributed by atoms with van der Waals surface area (Å²) in [6.07, 6.45) is 0.579. The number of methoxy groups -OCH3 is 1. The molecule has 4 rings (SSSR count). The molecule has 2 heterocycles. The zero-order chi connectivity index (χ0) is 31.6. The first-order chi connectivity index (χ1) is 21.2. The van der Waals surface area contributed by atoms with Crippen molar-refractivity contribution < 1.29 is 37.8 Å². The monoisotopic (exact) mass is 632 g/mol. The summed E-state index contributed by atoms with van der Waals surface area (Å²) < 4.78 is 39.7. The number of nitrogen functional groups attached to an aromatic ring is 1. The Hall–Kier alpha value is -4.71. The molecule has 3 amide bonds. The van der Waals surface area contributed by atoms with E-state index in [0.29, 0.717) is 44.4 Å². The quantitative estimate of drug-likeness (QED) is 0.112. The molecule has 0 fully saturated rings. The summed E-state index contributed by atoms with van der Waals surface area (Å²) in [7, 11) is 1.44. The Morgan fingerprint density at radius 1 is 1.07 bits per heavy atom. The molecule has 4 aromatic rings. The van der Waals surface area contributed by atoms with Crippen LogP contribution in [-0.4, -0.2) is 88.7 Å². The molecule has 0 aliphatic heterocycles. The summed E-state index contributed by atoms with van der Waals surface area (Å²) in [6.45, 7) is 1.66. The highest BCUT2D eigenvalue weighted by molar-refractivity contribution is 7.19. The third-order valence-corrected chi connectivity index (χ3v) is 7.12. The van der Waals surface area contributed by atoms with Crippen molar-refractivity contribution in [2.45, 2.75) is 6.42 Å². The van der Waals surface area contributed by atoms with E-state index in [9.17, 15) is 18.4 Å². The minimum atomic E-state index is -1.01. The highest BCUT2D eigenvalue weighted by atomic mass is 32.1. The van der Waals surface area contributed by atoms with E-state index in [1.165, 1.54) is 19.2 Å². The van der Waals surface area contributed by atoms with Crippen LogP contribution in [0.3, 0.4) is 0 Å². The van der Waals surface area contributed by atoms with Gasteiger partial charge in [-0.1, -0.05) is 22.6 Å². The molecule has 0 radical (unpaired) electrons. The highest BCUT2D eigenvalue weighted by Crippen LogP contribution is 2.35. The fourth-order valence-electron chi connectivity index (χ4n) is 4.00. The van der Waals surface area contributed by atoms with Crippen molar-refractivity contribution in [1.82, 2.24) is 25.3 Å². The van der Waals surface area contributed by atoms with Crippen LogP contribution >= 0.6 is 11.3 Å². The Morgan fingerprint density at radius 3 is 2.57 bits per heavy atom. The average molecular weight is 633 g/mol. The van der Waals surface area contributed by atoms with Gasteiger partial charge in [-0.3, -0.25) is 15.0 Å². The zero-order valence-electron chi connectivity index (χ0n) is 23.5. The Morgan fingerprint density at radius 2 is 1.84 bits per heavy atom. The second-order valence-corrected chi connectivity index (χ2v) is 10.2. The van der Waals surface area contributed by atoms with Gasteiger partial charge in [0.15, 0.2) is 5.13 Å². The van der Waals surface area contributed by atoms with Crippen molar-refractivity contribution in [1.29, 1.82) is 0 Å². The zero-order valence-corrected chi connectivity index (χ0v) is 24.3. The summed E-state index contributed by atoms with van der Waals surface area (Å²) in [5, 5.41) is 29.7. The van der Waals surface area contributed by atoms with Crippen molar-refractivity contribution >= 4 is 39.9 Å². The van der Waals surface area contributed by atoms with Crippen LogP contribution in [-0.2, 0) is 0 Å². The Labute approximate surface area is 253 Å². The van der Waals surface area contributed by atoms with E-state index in [0.717, 1.165) is 17.4 Å². The summed E-state index contributed by atoms with van der Waals surface area (Å²) >= 11 is 0.936. The van der Waals surface area contributed by atoms with Gasteiger partial charge in [0.2, 0.25) is 5.82 Å². The molecule has 2 aromatic carbocycles. The molecule has 0 spiro atoms. The smallest absolute Gasteiger partial charge is 0.321 e. The van der Waals surface area contributed by atoms with Crippen LogP contribution in [0.15, 0.2) is 40.9 Å². The highest BCUT2D eigenvalue weighted by Gasteiger charge is 2.22. The number of hydrogen-bond donors (Lipinski definition) is 6. The predicted molar refractivity (Wildman–Crippen MR) is 158 cm³/mol. The van der Waals surface area contributed by atoms with E-state index in [1.54, 1.807) is 12.1 Å². The molecule has 44 heavy (non-hydrogen) atoms. The summed E-state index contributed by atoms with van der Waals surface area (Å²) in [5.41, 5.74) is 5.61. The number of nitrogens with one attached hydrogen (secondary N) is 3. The lowest BCUT2D eigenvalue weighted by atomic mass is 10.1.